The molecule has 0 bridgehead atoms. The molecule has 6 nitrogen and oxygen atoms in total. The molecule has 0 aromatic carbocycles. The SMILES string of the molecule is NC(CS(=O)(=O)NCC(F)(F)F)C(=O)O. The molecule has 0 heterocycles. The van der Waals surface area contributed by atoms with Crippen LogP contribution < -0.4 is 10.5 Å². The molecule has 0 aliphatic carbocycles. The van der Waals surface area contributed by atoms with E-state index in [1.807, 2.05) is 0 Å². The molecule has 90 valence electrons. The van der Waals surface area contributed by atoms with E-state index < -0.39 is 40.5 Å². The molecule has 0 spiro atoms. The Kier molecular flexibility index (Phi) is 4.49. The van der Waals surface area contributed by atoms with E-state index >= 15 is 0 Å². The van der Waals surface area contributed by atoms with Gasteiger partial charge in [-0.1, -0.05) is 0 Å². The van der Waals surface area contributed by atoms with Gasteiger partial charge in [-0.05, 0) is 0 Å². The van der Waals surface area contributed by atoms with E-state index in [1.54, 1.807) is 0 Å². The van der Waals surface area contributed by atoms with Gasteiger partial charge in [0.1, 0.15) is 12.6 Å². The van der Waals surface area contributed by atoms with Gasteiger partial charge < -0.3 is 10.8 Å². The van der Waals surface area contributed by atoms with Gasteiger partial charge in [-0.2, -0.15) is 13.2 Å². The first-order chi connectivity index (χ1) is 6.53. The quantitative estimate of drug-likeness (QED) is 0.572. The first-order valence-electron chi connectivity index (χ1n) is 3.56. The van der Waals surface area contributed by atoms with Crippen LogP contribution >= 0.6 is 0 Å². The maximum absolute atomic E-state index is 11.6. The van der Waals surface area contributed by atoms with Crippen molar-refractivity contribution in [2.24, 2.45) is 5.73 Å². The first-order valence-corrected chi connectivity index (χ1v) is 5.21. The predicted molar refractivity (Wildman–Crippen MR) is 43.5 cm³/mol. The molecule has 0 aliphatic heterocycles. The number of rotatable bonds is 5. The summed E-state index contributed by atoms with van der Waals surface area (Å²) < 4.78 is 57.7. The molecule has 15 heavy (non-hydrogen) atoms. The summed E-state index contributed by atoms with van der Waals surface area (Å²) in [5.41, 5.74) is 4.84. The Hall–Kier alpha value is -0.870. The summed E-state index contributed by atoms with van der Waals surface area (Å²) >= 11 is 0. The van der Waals surface area contributed by atoms with E-state index in [4.69, 9.17) is 10.8 Å². The number of alkyl halides is 3. The smallest absolute Gasteiger partial charge is 0.402 e. The molecule has 0 aliphatic rings. The van der Waals surface area contributed by atoms with Gasteiger partial charge in [-0.3, -0.25) is 4.79 Å². The molecule has 1 atom stereocenters. The number of nitrogens with one attached hydrogen (secondary N) is 1. The second-order valence-electron chi connectivity index (χ2n) is 2.66. The van der Waals surface area contributed by atoms with E-state index in [9.17, 15) is 26.4 Å². The lowest BCUT2D eigenvalue weighted by Gasteiger charge is -2.10. The summed E-state index contributed by atoms with van der Waals surface area (Å²) in [4.78, 5) is 10.1. The molecule has 0 amide bonds. The molecule has 1 unspecified atom stereocenters. The normalized spacial score (nSPS) is 14.9. The molecular formula is C5H9F3N2O4S. The third-order valence-corrected chi connectivity index (χ3v) is 2.59. The van der Waals surface area contributed by atoms with Crippen molar-refractivity contribution in [2.45, 2.75) is 12.2 Å². The van der Waals surface area contributed by atoms with Crippen molar-refractivity contribution in [2.75, 3.05) is 12.3 Å². The zero-order chi connectivity index (χ0) is 12.3. The highest BCUT2D eigenvalue weighted by Crippen LogP contribution is 2.12. The van der Waals surface area contributed by atoms with Crippen molar-refractivity contribution in [3.63, 3.8) is 0 Å². The Balaban J connectivity index is 4.27. The highest BCUT2D eigenvalue weighted by atomic mass is 32.2. The number of sulfonamides is 1. The second kappa shape index (κ2) is 4.77. The largest absolute Gasteiger partial charge is 0.480 e. The molecule has 0 aromatic heterocycles. The first kappa shape index (κ1) is 14.1. The number of hydrogen-bond donors (Lipinski definition) is 3. The minimum Gasteiger partial charge on any atom is -0.480 e. The third kappa shape index (κ3) is 7.11. The van der Waals surface area contributed by atoms with Gasteiger partial charge in [-0.25, -0.2) is 13.1 Å². The summed E-state index contributed by atoms with van der Waals surface area (Å²) in [5, 5.41) is 8.23. The van der Waals surface area contributed by atoms with Crippen molar-refractivity contribution in [3.05, 3.63) is 0 Å². The number of nitrogens with two attached hydrogens (primary N) is 1. The molecule has 0 saturated carbocycles. The molecule has 0 rings (SSSR count). The number of carboxylic acids is 1. The molecule has 4 N–H and O–H groups in total. The monoisotopic (exact) mass is 250 g/mol. The molecular weight excluding hydrogens is 241 g/mol. The number of hydrogen-bond acceptors (Lipinski definition) is 4. The van der Waals surface area contributed by atoms with Crippen molar-refractivity contribution in [1.29, 1.82) is 0 Å². The van der Waals surface area contributed by atoms with Gasteiger partial charge in [0.15, 0.2) is 0 Å². The van der Waals surface area contributed by atoms with Crippen LogP contribution in [0.15, 0.2) is 0 Å². The lowest BCUT2D eigenvalue weighted by atomic mass is 10.4. The number of aliphatic carboxylic acids is 1. The van der Waals surface area contributed by atoms with Gasteiger partial charge >= 0.3 is 12.1 Å². The van der Waals surface area contributed by atoms with Gasteiger partial charge in [0.2, 0.25) is 10.0 Å². The third-order valence-electron chi connectivity index (χ3n) is 1.21. The Labute approximate surface area is 83.3 Å². The minimum absolute atomic E-state index is 1.10. The summed E-state index contributed by atoms with van der Waals surface area (Å²) in [5.74, 6) is -2.70. The Morgan fingerprint density at radius 2 is 1.93 bits per heavy atom. The zero-order valence-corrected chi connectivity index (χ0v) is 8.10. The summed E-state index contributed by atoms with van der Waals surface area (Å²) in [6.07, 6.45) is -4.69. The van der Waals surface area contributed by atoms with Gasteiger partial charge in [0.05, 0.1) is 5.75 Å². The Morgan fingerprint density at radius 3 is 2.27 bits per heavy atom. The van der Waals surface area contributed by atoms with Crippen LogP contribution in [0.2, 0.25) is 0 Å². The molecule has 0 radical (unpaired) electrons. The van der Waals surface area contributed by atoms with Crippen LogP contribution in [0.5, 0.6) is 0 Å². The van der Waals surface area contributed by atoms with Crippen LogP contribution in [0, 0.1) is 0 Å². The second-order valence-corrected chi connectivity index (χ2v) is 4.51. The van der Waals surface area contributed by atoms with Crippen molar-refractivity contribution >= 4 is 16.0 Å². The number of carboxylic acid groups (broad SMARTS) is 1. The van der Waals surface area contributed by atoms with Crippen LogP contribution in [0.3, 0.4) is 0 Å². The van der Waals surface area contributed by atoms with E-state index in [0.717, 1.165) is 0 Å². The molecule has 0 saturated heterocycles. The van der Waals surface area contributed by atoms with E-state index in [1.165, 1.54) is 4.72 Å². The summed E-state index contributed by atoms with van der Waals surface area (Å²) in [7, 11) is -4.33. The average Bonchev–Trinajstić information content (AvgIpc) is 1.99. The zero-order valence-electron chi connectivity index (χ0n) is 7.28. The van der Waals surface area contributed by atoms with Crippen molar-refractivity contribution in [1.82, 2.24) is 4.72 Å². The van der Waals surface area contributed by atoms with Gasteiger partial charge in [0, 0.05) is 0 Å². The highest BCUT2D eigenvalue weighted by Gasteiger charge is 2.30. The van der Waals surface area contributed by atoms with Crippen molar-refractivity contribution in [3.8, 4) is 0 Å². The van der Waals surface area contributed by atoms with Gasteiger partial charge in [0.25, 0.3) is 0 Å². The fourth-order valence-electron chi connectivity index (χ4n) is 0.558. The standard InChI is InChI=1S/C5H9F3N2O4S/c6-5(7,8)2-10-15(13,14)1-3(9)4(11)12/h3,10H,1-2,9H2,(H,11,12). The van der Waals surface area contributed by atoms with Gasteiger partial charge in [-0.15, -0.1) is 0 Å². The maximum atomic E-state index is 11.6. The Bertz CT molecular complexity index is 326. The average molecular weight is 250 g/mol. The van der Waals surface area contributed by atoms with Crippen LogP contribution in [0.4, 0.5) is 13.2 Å². The van der Waals surface area contributed by atoms with E-state index in [0.29, 0.717) is 0 Å². The topological polar surface area (TPSA) is 109 Å². The molecule has 0 aromatic rings. The van der Waals surface area contributed by atoms with Crippen molar-refractivity contribution < 1.29 is 31.5 Å². The molecule has 0 fully saturated rings. The summed E-state index contributed by atoms with van der Waals surface area (Å²) in [6.45, 7) is -1.75. The fourth-order valence-corrected chi connectivity index (χ4v) is 1.68. The fraction of sp³-hybridized carbons (Fsp3) is 0.800. The lowest BCUT2D eigenvalue weighted by molar-refractivity contribution is -0.137. The predicted octanol–water partition coefficient (Wildman–Crippen LogP) is -1.12. The highest BCUT2D eigenvalue weighted by molar-refractivity contribution is 7.89. The number of halogens is 3. The molecule has 10 heteroatoms. The summed E-state index contributed by atoms with van der Waals surface area (Å²) in [6, 6.07) is -1.75. The van der Waals surface area contributed by atoms with Crippen LogP contribution in [-0.4, -0.2) is 44.0 Å². The Morgan fingerprint density at radius 1 is 1.47 bits per heavy atom. The lowest BCUT2D eigenvalue weighted by Crippen LogP contribution is -2.43. The van der Waals surface area contributed by atoms with Crippen LogP contribution in [0.25, 0.3) is 0 Å². The van der Waals surface area contributed by atoms with Crippen LogP contribution in [0.1, 0.15) is 0 Å². The maximum Gasteiger partial charge on any atom is 0.402 e. The minimum atomic E-state index is -4.69. The van der Waals surface area contributed by atoms with Crippen LogP contribution in [-0.2, 0) is 14.8 Å². The van der Waals surface area contributed by atoms with E-state index in [-0.39, 0.29) is 0 Å². The van der Waals surface area contributed by atoms with E-state index in [2.05, 4.69) is 0 Å². The number of carbonyl (C=O) groups is 1.